The molecule has 8 heteroatoms. The van der Waals surface area contributed by atoms with Crippen molar-refractivity contribution in [3.63, 3.8) is 0 Å². The molecule has 2 aromatic carbocycles. The zero-order valence-corrected chi connectivity index (χ0v) is 19.1. The van der Waals surface area contributed by atoms with E-state index in [0.717, 1.165) is 37.6 Å². The van der Waals surface area contributed by atoms with Crippen LogP contribution in [0.15, 0.2) is 45.7 Å². The summed E-state index contributed by atoms with van der Waals surface area (Å²) in [6, 6.07) is 9.32. The van der Waals surface area contributed by atoms with Crippen LogP contribution in [0.3, 0.4) is 0 Å². The van der Waals surface area contributed by atoms with E-state index < -0.39 is 20.7 Å². The van der Waals surface area contributed by atoms with Gasteiger partial charge in [-0.1, -0.05) is 18.2 Å². The molecular weight excluding hydrogens is 417 g/mol. The number of sulfonamides is 1. The van der Waals surface area contributed by atoms with Crippen LogP contribution >= 0.6 is 0 Å². The average Bonchev–Trinajstić information content (AvgIpc) is 2.70. The minimum Gasteiger partial charge on any atom is -0.322 e. The van der Waals surface area contributed by atoms with Crippen LogP contribution in [0.2, 0.25) is 0 Å². The highest BCUT2D eigenvalue weighted by atomic mass is 32.2. The number of rotatable bonds is 5. The van der Waals surface area contributed by atoms with Crippen molar-refractivity contribution < 1.29 is 17.6 Å². The second-order valence-corrected chi connectivity index (χ2v) is 9.72. The number of carbonyl (C=O) groups excluding carboxylic acids is 1. The number of likely N-dealkylation sites (tertiary alicyclic amines) is 1. The van der Waals surface area contributed by atoms with E-state index in [4.69, 9.17) is 0 Å². The Bertz CT molecular complexity index is 1120. The first-order chi connectivity index (χ1) is 14.6. The SMILES string of the molecule is CC(=NS(=O)(=O)c1cc(C)c(NC(=O)c2ccccc2C)cc1F)C1CCN(C)CC1. The van der Waals surface area contributed by atoms with Crippen LogP contribution in [-0.4, -0.2) is 45.1 Å². The third-order valence-corrected chi connectivity index (χ3v) is 7.17. The normalized spacial score (nSPS) is 16.4. The minimum absolute atomic E-state index is 0.0720. The molecule has 0 atom stereocenters. The van der Waals surface area contributed by atoms with E-state index in [2.05, 4.69) is 14.6 Å². The lowest BCUT2D eigenvalue weighted by Crippen LogP contribution is -2.33. The monoisotopic (exact) mass is 445 g/mol. The highest BCUT2D eigenvalue weighted by Crippen LogP contribution is 2.27. The van der Waals surface area contributed by atoms with Crippen LogP contribution < -0.4 is 5.32 Å². The van der Waals surface area contributed by atoms with Crippen LogP contribution in [0.25, 0.3) is 0 Å². The number of hydrogen-bond donors (Lipinski definition) is 1. The summed E-state index contributed by atoms with van der Waals surface area (Å²) >= 11 is 0. The van der Waals surface area contributed by atoms with Crippen molar-refractivity contribution in [3.05, 3.63) is 58.9 Å². The number of carbonyl (C=O) groups is 1. The molecule has 1 aliphatic heterocycles. The van der Waals surface area contributed by atoms with E-state index in [0.29, 0.717) is 16.8 Å². The lowest BCUT2D eigenvalue weighted by molar-refractivity contribution is 0.102. The third kappa shape index (κ3) is 5.37. The van der Waals surface area contributed by atoms with Gasteiger partial charge >= 0.3 is 0 Å². The van der Waals surface area contributed by atoms with Gasteiger partial charge in [0.1, 0.15) is 10.7 Å². The molecular formula is C23H28FN3O3S. The first-order valence-corrected chi connectivity index (χ1v) is 11.7. The largest absolute Gasteiger partial charge is 0.322 e. The lowest BCUT2D eigenvalue weighted by atomic mass is 9.93. The van der Waals surface area contributed by atoms with Gasteiger partial charge in [0.2, 0.25) is 0 Å². The number of piperidine rings is 1. The standard InChI is InChI=1S/C23H28FN3O3S/c1-15-7-5-6-8-19(15)23(28)25-21-14-20(24)22(13-16(21)2)31(29,30)26-17(3)18-9-11-27(4)12-10-18/h5-8,13-14,18H,9-12H2,1-4H3,(H,25,28). The van der Waals surface area contributed by atoms with Crippen molar-refractivity contribution in [3.8, 4) is 0 Å². The van der Waals surface area contributed by atoms with E-state index in [1.807, 2.05) is 26.1 Å². The van der Waals surface area contributed by atoms with E-state index >= 15 is 0 Å². The number of aryl methyl sites for hydroxylation is 2. The number of anilines is 1. The molecule has 1 N–H and O–H groups in total. The summed E-state index contributed by atoms with van der Waals surface area (Å²) in [5.74, 6) is -1.25. The predicted molar refractivity (Wildman–Crippen MR) is 121 cm³/mol. The topological polar surface area (TPSA) is 78.8 Å². The molecule has 0 saturated carbocycles. The maximum atomic E-state index is 14.8. The van der Waals surface area contributed by atoms with Gasteiger partial charge in [-0.05, 0) is 83.1 Å². The van der Waals surface area contributed by atoms with Crippen LogP contribution in [0.5, 0.6) is 0 Å². The summed E-state index contributed by atoms with van der Waals surface area (Å²) in [5.41, 5.74) is 2.42. The van der Waals surface area contributed by atoms with E-state index in [9.17, 15) is 17.6 Å². The molecule has 1 saturated heterocycles. The van der Waals surface area contributed by atoms with Gasteiger partial charge in [0, 0.05) is 22.9 Å². The Labute approximate surface area is 183 Å². The second-order valence-electron chi connectivity index (χ2n) is 8.15. The van der Waals surface area contributed by atoms with Crippen molar-refractivity contribution in [2.24, 2.45) is 10.3 Å². The summed E-state index contributed by atoms with van der Waals surface area (Å²) in [4.78, 5) is 14.3. The fourth-order valence-electron chi connectivity index (χ4n) is 3.74. The van der Waals surface area contributed by atoms with Gasteiger partial charge in [-0.2, -0.15) is 12.8 Å². The summed E-state index contributed by atoms with van der Waals surface area (Å²) in [5, 5.41) is 2.67. The van der Waals surface area contributed by atoms with Crippen molar-refractivity contribution in [1.29, 1.82) is 0 Å². The average molecular weight is 446 g/mol. The van der Waals surface area contributed by atoms with Gasteiger partial charge in [0.25, 0.3) is 15.9 Å². The van der Waals surface area contributed by atoms with E-state index in [1.165, 1.54) is 6.07 Å². The Balaban J connectivity index is 1.84. The number of nitrogens with zero attached hydrogens (tertiary/aromatic N) is 2. The molecule has 166 valence electrons. The van der Waals surface area contributed by atoms with Gasteiger partial charge in [0.05, 0.1) is 0 Å². The van der Waals surface area contributed by atoms with Crippen molar-refractivity contribution in [2.75, 3.05) is 25.5 Å². The lowest BCUT2D eigenvalue weighted by Gasteiger charge is -2.28. The number of amides is 1. The number of hydrogen-bond acceptors (Lipinski definition) is 4. The maximum absolute atomic E-state index is 14.8. The summed E-state index contributed by atoms with van der Waals surface area (Å²) in [6.45, 7) is 6.87. The molecule has 3 rings (SSSR count). The highest BCUT2D eigenvalue weighted by Gasteiger charge is 2.25. The number of benzene rings is 2. The van der Waals surface area contributed by atoms with Gasteiger partial charge in [0.15, 0.2) is 0 Å². The molecule has 6 nitrogen and oxygen atoms in total. The summed E-state index contributed by atoms with van der Waals surface area (Å²) < 4.78 is 44.3. The molecule has 1 aliphatic rings. The summed E-state index contributed by atoms with van der Waals surface area (Å²) in [6.07, 6.45) is 1.65. The predicted octanol–water partition coefficient (Wildman–Crippen LogP) is 4.19. The fraction of sp³-hybridized carbons (Fsp3) is 0.391. The molecule has 0 unspecified atom stereocenters. The quantitative estimate of drug-likeness (QED) is 0.700. The molecule has 0 aliphatic carbocycles. The van der Waals surface area contributed by atoms with Gasteiger partial charge in [-0.3, -0.25) is 4.79 Å². The molecule has 0 spiro atoms. The Morgan fingerprint density at radius 2 is 1.77 bits per heavy atom. The van der Waals surface area contributed by atoms with Crippen molar-refractivity contribution >= 4 is 27.3 Å². The Morgan fingerprint density at radius 3 is 2.42 bits per heavy atom. The van der Waals surface area contributed by atoms with Crippen molar-refractivity contribution in [2.45, 2.75) is 38.5 Å². The highest BCUT2D eigenvalue weighted by molar-refractivity contribution is 7.90. The van der Waals surface area contributed by atoms with Crippen LogP contribution in [-0.2, 0) is 10.0 Å². The van der Waals surface area contributed by atoms with Crippen LogP contribution in [0.1, 0.15) is 41.3 Å². The Kier molecular flexibility index (Phi) is 6.91. The molecule has 31 heavy (non-hydrogen) atoms. The Morgan fingerprint density at radius 1 is 1.13 bits per heavy atom. The Hall–Kier alpha value is -2.58. The molecule has 0 bridgehead atoms. The van der Waals surface area contributed by atoms with Gasteiger partial charge < -0.3 is 10.2 Å². The minimum atomic E-state index is -4.19. The third-order valence-electron chi connectivity index (χ3n) is 5.77. The molecule has 2 aromatic rings. The van der Waals surface area contributed by atoms with E-state index in [1.54, 1.807) is 26.0 Å². The maximum Gasteiger partial charge on any atom is 0.285 e. The number of nitrogens with one attached hydrogen (secondary N) is 1. The fourth-order valence-corrected chi connectivity index (χ4v) is 5.00. The van der Waals surface area contributed by atoms with Gasteiger partial charge in [-0.25, -0.2) is 4.39 Å². The number of halogens is 1. The molecule has 1 fully saturated rings. The summed E-state index contributed by atoms with van der Waals surface area (Å²) in [7, 11) is -2.17. The molecule has 0 radical (unpaired) electrons. The smallest absolute Gasteiger partial charge is 0.285 e. The van der Waals surface area contributed by atoms with Crippen LogP contribution in [0, 0.1) is 25.6 Å². The first-order valence-electron chi connectivity index (χ1n) is 10.3. The zero-order chi connectivity index (χ0) is 22.8. The first kappa shape index (κ1) is 23.1. The molecule has 1 heterocycles. The molecule has 1 amide bonds. The van der Waals surface area contributed by atoms with E-state index in [-0.39, 0.29) is 17.5 Å². The van der Waals surface area contributed by atoms with Crippen molar-refractivity contribution in [1.82, 2.24) is 4.90 Å². The van der Waals surface area contributed by atoms with Crippen LogP contribution in [0.4, 0.5) is 10.1 Å². The van der Waals surface area contributed by atoms with Gasteiger partial charge in [-0.15, -0.1) is 0 Å². The zero-order valence-electron chi connectivity index (χ0n) is 18.3. The second kappa shape index (κ2) is 9.28. The molecule has 0 aromatic heterocycles.